The molecule has 90 valence electrons. The van der Waals surface area contributed by atoms with E-state index < -0.39 is 0 Å². The van der Waals surface area contributed by atoms with Crippen molar-refractivity contribution in [3.05, 3.63) is 55.7 Å². The maximum atomic E-state index is 6.38. The zero-order valence-electron chi connectivity index (χ0n) is 9.21. The number of aryl methyl sites for hydroxylation is 1. The van der Waals surface area contributed by atoms with Gasteiger partial charge in [-0.1, -0.05) is 53.0 Å². The summed E-state index contributed by atoms with van der Waals surface area (Å²) in [5, 5.41) is -0.131. The molecule has 0 saturated carbocycles. The van der Waals surface area contributed by atoms with Gasteiger partial charge in [-0.25, -0.2) is 0 Å². The molecule has 17 heavy (non-hydrogen) atoms. The molecule has 1 unspecified atom stereocenters. The molecule has 1 atom stereocenters. The molecule has 0 saturated heterocycles. The van der Waals surface area contributed by atoms with Gasteiger partial charge in [-0.15, -0.1) is 22.9 Å². The van der Waals surface area contributed by atoms with E-state index in [9.17, 15) is 0 Å². The molecule has 0 spiro atoms. The zero-order valence-corrected chi connectivity index (χ0v) is 12.3. The lowest BCUT2D eigenvalue weighted by Crippen LogP contribution is -1.95. The van der Waals surface area contributed by atoms with Gasteiger partial charge in [0, 0.05) is 5.56 Å². The van der Waals surface area contributed by atoms with Crippen molar-refractivity contribution in [2.75, 3.05) is 0 Å². The average Bonchev–Trinajstić information content (AvgIpc) is 2.58. The van der Waals surface area contributed by atoms with Crippen LogP contribution >= 0.6 is 46.1 Å². The van der Waals surface area contributed by atoms with Crippen molar-refractivity contribution < 1.29 is 0 Å². The standard InChI is InChI=1S/C13H11Cl3S/c1-8-3-2-4-9(5-8)6-11(14)10-7-12(15)17-13(10)16/h2-5,7,11H,6H2,1H3. The Bertz CT molecular complexity index is 519. The molecule has 2 aromatic rings. The number of hydrogen-bond donors (Lipinski definition) is 0. The Balaban J connectivity index is 2.16. The third-order valence-electron chi connectivity index (χ3n) is 2.52. The van der Waals surface area contributed by atoms with Crippen LogP contribution in [0.4, 0.5) is 0 Å². The molecule has 0 aliphatic heterocycles. The molecular formula is C13H11Cl3S. The summed E-state index contributed by atoms with van der Waals surface area (Å²) >= 11 is 19.7. The topological polar surface area (TPSA) is 0 Å². The average molecular weight is 306 g/mol. The predicted molar refractivity (Wildman–Crippen MR) is 77.8 cm³/mol. The van der Waals surface area contributed by atoms with E-state index in [0.29, 0.717) is 8.67 Å². The Labute approximate surface area is 120 Å². The molecule has 2 rings (SSSR count). The minimum atomic E-state index is -0.131. The van der Waals surface area contributed by atoms with Crippen LogP contribution in [0.3, 0.4) is 0 Å². The van der Waals surface area contributed by atoms with E-state index in [4.69, 9.17) is 34.8 Å². The maximum Gasteiger partial charge on any atom is 0.0991 e. The van der Waals surface area contributed by atoms with Gasteiger partial charge < -0.3 is 0 Å². The van der Waals surface area contributed by atoms with E-state index in [2.05, 4.69) is 25.1 Å². The van der Waals surface area contributed by atoms with Crippen LogP contribution in [0.1, 0.15) is 22.1 Å². The van der Waals surface area contributed by atoms with Crippen molar-refractivity contribution in [1.82, 2.24) is 0 Å². The van der Waals surface area contributed by atoms with E-state index in [0.717, 1.165) is 12.0 Å². The highest BCUT2D eigenvalue weighted by Gasteiger charge is 2.15. The highest BCUT2D eigenvalue weighted by atomic mass is 35.5. The van der Waals surface area contributed by atoms with Gasteiger partial charge in [-0.2, -0.15) is 0 Å². The Kier molecular flexibility index (Phi) is 4.37. The molecule has 0 N–H and O–H groups in total. The summed E-state index contributed by atoms with van der Waals surface area (Å²) in [5.74, 6) is 0. The van der Waals surface area contributed by atoms with Crippen LogP contribution in [-0.4, -0.2) is 0 Å². The molecule has 4 heteroatoms. The van der Waals surface area contributed by atoms with Crippen molar-refractivity contribution in [2.45, 2.75) is 18.7 Å². The molecule has 1 heterocycles. The van der Waals surface area contributed by atoms with Gasteiger partial charge in [0.15, 0.2) is 0 Å². The highest BCUT2D eigenvalue weighted by molar-refractivity contribution is 7.20. The summed E-state index contributed by atoms with van der Waals surface area (Å²) in [5.41, 5.74) is 3.37. The second kappa shape index (κ2) is 5.62. The lowest BCUT2D eigenvalue weighted by molar-refractivity contribution is 0.923. The van der Waals surface area contributed by atoms with E-state index in [1.165, 1.54) is 22.5 Å². The highest BCUT2D eigenvalue weighted by Crippen LogP contribution is 2.38. The Morgan fingerprint density at radius 2 is 2.00 bits per heavy atom. The zero-order chi connectivity index (χ0) is 12.4. The van der Waals surface area contributed by atoms with Crippen LogP contribution in [0, 0.1) is 6.92 Å². The lowest BCUT2D eigenvalue weighted by atomic mass is 10.0. The number of alkyl halides is 1. The predicted octanol–water partition coefficient (Wildman–Crippen LogP) is 5.89. The van der Waals surface area contributed by atoms with Crippen molar-refractivity contribution in [1.29, 1.82) is 0 Å². The van der Waals surface area contributed by atoms with Crippen LogP contribution in [0.15, 0.2) is 30.3 Å². The van der Waals surface area contributed by atoms with Gasteiger partial charge in [-0.05, 0) is 25.0 Å². The van der Waals surface area contributed by atoms with Crippen molar-refractivity contribution in [3.8, 4) is 0 Å². The summed E-state index contributed by atoms with van der Waals surface area (Å²) < 4.78 is 1.36. The normalized spacial score (nSPS) is 12.7. The molecule has 1 aromatic heterocycles. The second-order valence-electron chi connectivity index (χ2n) is 3.94. The van der Waals surface area contributed by atoms with Crippen LogP contribution < -0.4 is 0 Å². The maximum absolute atomic E-state index is 6.38. The first kappa shape index (κ1) is 13.2. The number of rotatable bonds is 3. The number of hydrogen-bond acceptors (Lipinski definition) is 1. The summed E-state index contributed by atoms with van der Waals surface area (Å²) in [6, 6.07) is 10.2. The fourth-order valence-electron chi connectivity index (χ4n) is 1.72. The van der Waals surface area contributed by atoms with E-state index in [-0.39, 0.29) is 5.38 Å². The lowest BCUT2D eigenvalue weighted by Gasteiger charge is -2.09. The van der Waals surface area contributed by atoms with Gasteiger partial charge in [0.1, 0.15) is 0 Å². The van der Waals surface area contributed by atoms with Crippen LogP contribution in [0.5, 0.6) is 0 Å². The van der Waals surface area contributed by atoms with Gasteiger partial charge in [0.25, 0.3) is 0 Å². The largest absolute Gasteiger partial charge is 0.117 e. The summed E-state index contributed by atoms with van der Waals surface area (Å²) in [6.45, 7) is 2.07. The fourth-order valence-corrected chi connectivity index (χ4v) is 3.77. The molecule has 0 amide bonds. The SMILES string of the molecule is Cc1cccc(CC(Cl)c2cc(Cl)sc2Cl)c1. The molecular weight excluding hydrogens is 295 g/mol. The van der Waals surface area contributed by atoms with E-state index in [1.807, 2.05) is 12.1 Å². The molecule has 0 fully saturated rings. The second-order valence-corrected chi connectivity index (χ2v) is 6.75. The van der Waals surface area contributed by atoms with Gasteiger partial charge in [0.2, 0.25) is 0 Å². The van der Waals surface area contributed by atoms with E-state index in [1.54, 1.807) is 0 Å². The number of thiophene rings is 1. The molecule has 1 aromatic carbocycles. The molecule has 0 radical (unpaired) electrons. The smallest absolute Gasteiger partial charge is 0.0991 e. The van der Waals surface area contributed by atoms with Gasteiger partial charge in [0.05, 0.1) is 14.0 Å². The first-order chi connectivity index (χ1) is 8.06. The third-order valence-corrected chi connectivity index (χ3v) is 4.43. The fraction of sp³-hybridized carbons (Fsp3) is 0.231. The minimum absolute atomic E-state index is 0.131. The van der Waals surface area contributed by atoms with Gasteiger partial charge in [-0.3, -0.25) is 0 Å². The Hall–Kier alpha value is -0.210. The number of halogens is 3. The van der Waals surface area contributed by atoms with E-state index >= 15 is 0 Å². The Morgan fingerprint density at radius 1 is 1.24 bits per heavy atom. The third kappa shape index (κ3) is 3.38. The van der Waals surface area contributed by atoms with Gasteiger partial charge >= 0.3 is 0 Å². The van der Waals surface area contributed by atoms with Crippen LogP contribution in [-0.2, 0) is 6.42 Å². The first-order valence-corrected chi connectivity index (χ1v) is 7.21. The summed E-state index contributed by atoms with van der Waals surface area (Å²) in [4.78, 5) is 0. The van der Waals surface area contributed by atoms with Crippen molar-refractivity contribution in [2.24, 2.45) is 0 Å². The summed E-state index contributed by atoms with van der Waals surface area (Å²) in [6.07, 6.45) is 0.760. The van der Waals surface area contributed by atoms with Crippen molar-refractivity contribution >= 4 is 46.1 Å². The quantitative estimate of drug-likeness (QED) is 0.621. The number of benzene rings is 1. The monoisotopic (exact) mass is 304 g/mol. The van der Waals surface area contributed by atoms with Crippen LogP contribution in [0.2, 0.25) is 8.67 Å². The van der Waals surface area contributed by atoms with Crippen molar-refractivity contribution in [3.63, 3.8) is 0 Å². The molecule has 0 aliphatic rings. The summed E-state index contributed by atoms with van der Waals surface area (Å²) in [7, 11) is 0. The molecule has 0 aliphatic carbocycles. The molecule has 0 bridgehead atoms. The van der Waals surface area contributed by atoms with Crippen LogP contribution in [0.25, 0.3) is 0 Å². The Morgan fingerprint density at radius 3 is 2.59 bits per heavy atom. The molecule has 0 nitrogen and oxygen atoms in total. The first-order valence-electron chi connectivity index (χ1n) is 5.20. The minimum Gasteiger partial charge on any atom is -0.117 e.